The van der Waals surface area contributed by atoms with E-state index in [1.54, 1.807) is 0 Å². The zero-order chi connectivity index (χ0) is 15.1. The molecule has 0 heterocycles. The topological polar surface area (TPSA) is 90.7 Å². The maximum Gasteiger partial charge on any atom is 0.341 e. The number of carbonyl (C=O) groups excluding carboxylic acids is 1. The second-order valence-electron chi connectivity index (χ2n) is 6.21. The molecule has 112 valence electrons. The summed E-state index contributed by atoms with van der Waals surface area (Å²) in [6.45, 7) is 10.1. The Morgan fingerprint density at radius 2 is 1.68 bits per heavy atom. The number of hydrogen-bond acceptors (Lipinski definition) is 3. The van der Waals surface area contributed by atoms with Crippen LogP contribution in [0.4, 0.5) is 0 Å². The molecule has 0 aliphatic carbocycles. The average Bonchev–Trinajstić information content (AvgIpc) is 2.31. The number of unbranched alkanes of at least 4 members (excludes halogenated alkanes) is 3. The number of nitrogens with zero attached hydrogens (tertiary/aromatic N) is 1. The molecule has 0 saturated carbocycles. The fraction of sp³-hybridized carbons (Fsp3) is 0.857. The van der Waals surface area contributed by atoms with Crippen LogP contribution < -0.4 is 11.5 Å². The van der Waals surface area contributed by atoms with Gasteiger partial charge in [0.2, 0.25) is 5.96 Å². The van der Waals surface area contributed by atoms with E-state index in [1.807, 2.05) is 13.8 Å². The fourth-order valence-electron chi connectivity index (χ4n) is 1.79. The van der Waals surface area contributed by atoms with Gasteiger partial charge in [-0.15, -0.1) is 0 Å². The first-order valence-electron chi connectivity index (χ1n) is 6.95. The Morgan fingerprint density at radius 1 is 1.11 bits per heavy atom. The standard InChI is InChI=1S/C14H29N3O2/c1-6-7-8-9-10-13(2,3)14(4,5)11(18)19-17-12(15)16/h6-10H2,1-5H3,(H4,15,16,17). The summed E-state index contributed by atoms with van der Waals surface area (Å²) in [5.74, 6) is -0.647. The molecule has 0 saturated heterocycles. The minimum absolute atomic E-state index is 0.170. The van der Waals surface area contributed by atoms with Gasteiger partial charge in [-0.1, -0.05) is 46.5 Å². The molecule has 5 nitrogen and oxygen atoms in total. The highest BCUT2D eigenvalue weighted by atomic mass is 16.7. The average molecular weight is 271 g/mol. The van der Waals surface area contributed by atoms with E-state index < -0.39 is 11.4 Å². The van der Waals surface area contributed by atoms with Gasteiger partial charge >= 0.3 is 5.97 Å². The third kappa shape index (κ3) is 5.49. The highest BCUT2D eigenvalue weighted by Gasteiger charge is 2.44. The van der Waals surface area contributed by atoms with Gasteiger partial charge in [-0.2, -0.15) is 0 Å². The molecule has 0 radical (unpaired) electrons. The summed E-state index contributed by atoms with van der Waals surface area (Å²) in [5, 5.41) is 3.34. The maximum atomic E-state index is 12.1. The zero-order valence-electron chi connectivity index (χ0n) is 13.0. The molecule has 0 fully saturated rings. The number of oxime groups is 1. The van der Waals surface area contributed by atoms with Crippen molar-refractivity contribution in [3.05, 3.63) is 0 Å². The summed E-state index contributed by atoms with van der Waals surface area (Å²) in [5.41, 5.74) is 9.50. The van der Waals surface area contributed by atoms with Crippen LogP contribution in [-0.2, 0) is 9.63 Å². The van der Waals surface area contributed by atoms with Crippen LogP contribution in [0, 0.1) is 10.8 Å². The molecule has 5 heteroatoms. The van der Waals surface area contributed by atoms with Gasteiger partial charge in [-0.25, -0.2) is 4.79 Å². The van der Waals surface area contributed by atoms with Crippen molar-refractivity contribution in [2.45, 2.75) is 66.7 Å². The molecule has 0 aromatic carbocycles. The lowest BCUT2D eigenvalue weighted by Crippen LogP contribution is -2.40. The quantitative estimate of drug-likeness (QED) is 0.233. The third-order valence-corrected chi connectivity index (χ3v) is 4.09. The number of carbonyl (C=O) groups is 1. The van der Waals surface area contributed by atoms with Crippen molar-refractivity contribution < 1.29 is 9.63 Å². The number of nitrogens with two attached hydrogens (primary N) is 2. The molecular formula is C14H29N3O2. The molecule has 0 spiro atoms. The first kappa shape index (κ1) is 17.7. The van der Waals surface area contributed by atoms with Crippen LogP contribution in [0.5, 0.6) is 0 Å². The Labute approximate surface area is 116 Å². The van der Waals surface area contributed by atoms with E-state index in [9.17, 15) is 4.79 Å². The maximum absolute atomic E-state index is 12.1. The minimum atomic E-state index is -0.641. The van der Waals surface area contributed by atoms with Crippen LogP contribution >= 0.6 is 0 Å². The molecule has 0 aromatic rings. The Kier molecular flexibility index (Phi) is 6.87. The number of guanidine groups is 1. The van der Waals surface area contributed by atoms with Crippen molar-refractivity contribution in [3.63, 3.8) is 0 Å². The summed E-state index contributed by atoms with van der Waals surface area (Å²) < 4.78 is 0. The largest absolute Gasteiger partial charge is 0.367 e. The van der Waals surface area contributed by atoms with Gasteiger partial charge in [-0.05, 0) is 30.8 Å². The second kappa shape index (κ2) is 7.36. The molecular weight excluding hydrogens is 242 g/mol. The van der Waals surface area contributed by atoms with E-state index in [0.29, 0.717) is 0 Å². The smallest absolute Gasteiger partial charge is 0.341 e. The number of rotatable bonds is 8. The Hall–Kier alpha value is -1.26. The molecule has 19 heavy (non-hydrogen) atoms. The molecule has 0 aliphatic heterocycles. The van der Waals surface area contributed by atoms with Crippen molar-refractivity contribution >= 4 is 11.9 Å². The lowest BCUT2D eigenvalue weighted by atomic mass is 9.65. The van der Waals surface area contributed by atoms with Crippen molar-refractivity contribution in [3.8, 4) is 0 Å². The summed E-state index contributed by atoms with van der Waals surface area (Å²) in [4.78, 5) is 16.8. The van der Waals surface area contributed by atoms with E-state index in [0.717, 1.165) is 12.8 Å². The van der Waals surface area contributed by atoms with Gasteiger partial charge < -0.3 is 16.3 Å². The van der Waals surface area contributed by atoms with E-state index in [2.05, 4.69) is 25.9 Å². The molecule has 4 N–H and O–H groups in total. The minimum Gasteiger partial charge on any atom is -0.367 e. The van der Waals surface area contributed by atoms with Gasteiger partial charge in [0.1, 0.15) is 0 Å². The zero-order valence-corrected chi connectivity index (χ0v) is 13.0. The predicted molar refractivity (Wildman–Crippen MR) is 78.2 cm³/mol. The van der Waals surface area contributed by atoms with Gasteiger partial charge in [0.15, 0.2) is 0 Å². The van der Waals surface area contributed by atoms with Crippen LogP contribution in [0.15, 0.2) is 5.16 Å². The van der Waals surface area contributed by atoms with Crippen molar-refractivity contribution in [2.24, 2.45) is 27.5 Å². The fourth-order valence-corrected chi connectivity index (χ4v) is 1.79. The van der Waals surface area contributed by atoms with E-state index >= 15 is 0 Å². The van der Waals surface area contributed by atoms with E-state index in [4.69, 9.17) is 16.3 Å². The summed E-state index contributed by atoms with van der Waals surface area (Å²) >= 11 is 0. The van der Waals surface area contributed by atoms with Gasteiger partial charge in [0.05, 0.1) is 5.41 Å². The van der Waals surface area contributed by atoms with Crippen molar-refractivity contribution in [1.82, 2.24) is 0 Å². The highest BCUT2D eigenvalue weighted by Crippen LogP contribution is 2.43. The first-order valence-corrected chi connectivity index (χ1v) is 6.95. The predicted octanol–water partition coefficient (Wildman–Crippen LogP) is 2.74. The molecule has 0 bridgehead atoms. The second-order valence-corrected chi connectivity index (χ2v) is 6.21. The van der Waals surface area contributed by atoms with Crippen molar-refractivity contribution in [2.75, 3.05) is 0 Å². The summed E-state index contributed by atoms with van der Waals surface area (Å²) in [6.07, 6.45) is 5.71. The van der Waals surface area contributed by atoms with Crippen LogP contribution in [0.2, 0.25) is 0 Å². The Bertz CT molecular complexity index is 319. The lowest BCUT2D eigenvalue weighted by molar-refractivity contribution is -0.161. The van der Waals surface area contributed by atoms with E-state index in [-0.39, 0.29) is 11.4 Å². The van der Waals surface area contributed by atoms with Crippen LogP contribution in [-0.4, -0.2) is 11.9 Å². The molecule has 0 atom stereocenters. The van der Waals surface area contributed by atoms with Crippen LogP contribution in [0.1, 0.15) is 66.7 Å². The first-order chi connectivity index (χ1) is 8.65. The highest BCUT2D eigenvalue weighted by molar-refractivity contribution is 5.79. The molecule has 0 amide bonds. The summed E-state index contributed by atoms with van der Waals surface area (Å²) in [6, 6.07) is 0. The Balaban J connectivity index is 4.57. The summed E-state index contributed by atoms with van der Waals surface area (Å²) in [7, 11) is 0. The lowest BCUT2D eigenvalue weighted by Gasteiger charge is -2.38. The van der Waals surface area contributed by atoms with Crippen LogP contribution in [0.25, 0.3) is 0 Å². The van der Waals surface area contributed by atoms with Gasteiger partial charge in [-0.3, -0.25) is 0 Å². The van der Waals surface area contributed by atoms with Crippen LogP contribution in [0.3, 0.4) is 0 Å². The van der Waals surface area contributed by atoms with Gasteiger partial charge in [0.25, 0.3) is 0 Å². The Morgan fingerprint density at radius 3 is 2.16 bits per heavy atom. The monoisotopic (exact) mass is 271 g/mol. The molecule has 0 unspecified atom stereocenters. The normalized spacial score (nSPS) is 12.1. The molecule has 0 aliphatic rings. The molecule has 0 aromatic heterocycles. The van der Waals surface area contributed by atoms with E-state index in [1.165, 1.54) is 19.3 Å². The van der Waals surface area contributed by atoms with Crippen molar-refractivity contribution in [1.29, 1.82) is 0 Å². The SMILES string of the molecule is CCCCCCC(C)(C)C(C)(C)C(=O)ON=C(N)N. The van der Waals surface area contributed by atoms with Gasteiger partial charge in [0, 0.05) is 0 Å². The number of hydrogen-bond donors (Lipinski definition) is 2. The molecule has 0 rings (SSSR count). The third-order valence-electron chi connectivity index (χ3n) is 4.09.